The van der Waals surface area contributed by atoms with Crippen molar-refractivity contribution < 1.29 is 9.13 Å². The van der Waals surface area contributed by atoms with Crippen molar-refractivity contribution in [2.45, 2.75) is 0 Å². The highest BCUT2D eigenvalue weighted by Crippen LogP contribution is 2.33. The minimum atomic E-state index is -0.524. The van der Waals surface area contributed by atoms with Gasteiger partial charge in [0, 0.05) is 11.8 Å². The van der Waals surface area contributed by atoms with Gasteiger partial charge in [0.25, 0.3) is 5.19 Å². The zero-order chi connectivity index (χ0) is 13.4. The van der Waals surface area contributed by atoms with Gasteiger partial charge in [-0.3, -0.25) is 0 Å². The van der Waals surface area contributed by atoms with E-state index in [0.29, 0.717) is 16.6 Å². The van der Waals surface area contributed by atoms with Crippen LogP contribution >= 0.6 is 22.9 Å². The maximum Gasteiger partial charge on any atom is 0.279 e. The third-order valence-corrected chi connectivity index (χ3v) is 3.69. The molecule has 19 heavy (non-hydrogen) atoms. The molecule has 1 heterocycles. The van der Waals surface area contributed by atoms with E-state index >= 15 is 0 Å². The molecule has 0 aliphatic heterocycles. The quantitative estimate of drug-likeness (QED) is 0.710. The summed E-state index contributed by atoms with van der Waals surface area (Å²) in [6.07, 6.45) is 0. The molecule has 3 aromatic rings. The van der Waals surface area contributed by atoms with Gasteiger partial charge in [0.2, 0.25) is 0 Å². The number of thiazole rings is 1. The van der Waals surface area contributed by atoms with Crippen molar-refractivity contribution in [1.82, 2.24) is 4.98 Å². The second kappa shape index (κ2) is 4.68. The second-order valence-electron chi connectivity index (χ2n) is 3.88. The van der Waals surface area contributed by atoms with Crippen LogP contribution in [0.2, 0.25) is 5.02 Å². The molecule has 2 N–H and O–H groups in total. The van der Waals surface area contributed by atoms with Crippen LogP contribution in [0.3, 0.4) is 0 Å². The van der Waals surface area contributed by atoms with Gasteiger partial charge >= 0.3 is 0 Å². The minimum Gasteiger partial charge on any atom is -0.431 e. The lowest BCUT2D eigenvalue weighted by Crippen LogP contribution is -1.85. The van der Waals surface area contributed by atoms with Crippen LogP contribution in [0.25, 0.3) is 10.2 Å². The van der Waals surface area contributed by atoms with Crippen LogP contribution in [0.1, 0.15) is 0 Å². The van der Waals surface area contributed by atoms with Crippen LogP contribution in [0.5, 0.6) is 10.9 Å². The lowest BCUT2D eigenvalue weighted by Gasteiger charge is -2.01. The monoisotopic (exact) mass is 294 g/mol. The van der Waals surface area contributed by atoms with Crippen molar-refractivity contribution >= 4 is 38.8 Å². The van der Waals surface area contributed by atoms with Crippen molar-refractivity contribution in [2.24, 2.45) is 0 Å². The number of halogens is 2. The fourth-order valence-electron chi connectivity index (χ4n) is 1.60. The highest BCUT2D eigenvalue weighted by molar-refractivity contribution is 7.20. The SMILES string of the molecule is Nc1ccc2nc(Oc3ccc(Cl)c(F)c3)sc2c1. The van der Waals surface area contributed by atoms with Crippen LogP contribution in [0.4, 0.5) is 10.1 Å². The van der Waals surface area contributed by atoms with E-state index in [1.165, 1.54) is 23.5 Å². The summed E-state index contributed by atoms with van der Waals surface area (Å²) >= 11 is 6.96. The lowest BCUT2D eigenvalue weighted by atomic mass is 10.3. The van der Waals surface area contributed by atoms with Crippen LogP contribution in [0.15, 0.2) is 36.4 Å². The van der Waals surface area contributed by atoms with E-state index in [-0.39, 0.29) is 5.02 Å². The first kappa shape index (κ1) is 12.2. The Kier molecular flexibility index (Phi) is 3.00. The molecule has 3 rings (SSSR count). The Hall–Kier alpha value is -1.85. The summed E-state index contributed by atoms with van der Waals surface area (Å²) in [6, 6.07) is 9.67. The Labute approximate surface area is 117 Å². The number of benzene rings is 2. The molecule has 0 amide bonds. The number of nitrogen functional groups attached to an aromatic ring is 1. The molecule has 0 spiro atoms. The molecule has 96 valence electrons. The van der Waals surface area contributed by atoms with E-state index in [1.807, 2.05) is 12.1 Å². The van der Waals surface area contributed by atoms with E-state index in [9.17, 15) is 4.39 Å². The summed E-state index contributed by atoms with van der Waals surface area (Å²) in [5, 5.41) is 0.492. The Morgan fingerprint density at radius 3 is 2.84 bits per heavy atom. The van der Waals surface area contributed by atoms with Crippen LogP contribution in [-0.2, 0) is 0 Å². The van der Waals surface area contributed by atoms with Gasteiger partial charge in [0.1, 0.15) is 11.6 Å². The number of rotatable bonds is 2. The molecular weight excluding hydrogens is 287 g/mol. The zero-order valence-corrected chi connectivity index (χ0v) is 11.1. The molecule has 0 bridgehead atoms. The predicted octanol–water partition coefficient (Wildman–Crippen LogP) is 4.46. The largest absolute Gasteiger partial charge is 0.431 e. The number of anilines is 1. The highest BCUT2D eigenvalue weighted by atomic mass is 35.5. The number of hydrogen-bond acceptors (Lipinski definition) is 4. The average molecular weight is 295 g/mol. The van der Waals surface area contributed by atoms with Crippen molar-refractivity contribution in [2.75, 3.05) is 5.73 Å². The van der Waals surface area contributed by atoms with Crippen molar-refractivity contribution in [1.29, 1.82) is 0 Å². The summed E-state index contributed by atoms with van der Waals surface area (Å²) in [7, 11) is 0. The molecule has 0 saturated carbocycles. The highest BCUT2D eigenvalue weighted by Gasteiger charge is 2.08. The number of aromatic nitrogens is 1. The molecule has 3 nitrogen and oxygen atoms in total. The Morgan fingerprint density at radius 2 is 2.05 bits per heavy atom. The minimum absolute atomic E-state index is 0.0597. The third-order valence-electron chi connectivity index (χ3n) is 2.49. The van der Waals surface area contributed by atoms with E-state index < -0.39 is 5.82 Å². The van der Waals surface area contributed by atoms with Crippen LogP contribution in [-0.4, -0.2) is 4.98 Å². The molecular formula is C13H8ClFN2OS. The molecule has 0 atom stereocenters. The summed E-state index contributed by atoms with van der Waals surface area (Å²) in [4.78, 5) is 4.29. The van der Waals surface area contributed by atoms with Gasteiger partial charge in [-0.1, -0.05) is 22.9 Å². The summed E-state index contributed by atoms with van der Waals surface area (Å²) < 4.78 is 19.7. The number of ether oxygens (including phenoxy) is 1. The van der Waals surface area contributed by atoms with E-state index in [2.05, 4.69) is 4.98 Å². The molecule has 0 aliphatic rings. The van der Waals surface area contributed by atoms with Gasteiger partial charge in [-0.05, 0) is 30.3 Å². The lowest BCUT2D eigenvalue weighted by molar-refractivity contribution is 0.474. The van der Waals surface area contributed by atoms with Gasteiger partial charge in [-0.25, -0.2) is 9.37 Å². The molecule has 2 aromatic carbocycles. The fourth-order valence-corrected chi connectivity index (χ4v) is 2.61. The molecule has 6 heteroatoms. The molecule has 0 radical (unpaired) electrons. The molecule has 0 unspecified atom stereocenters. The first-order valence-electron chi connectivity index (χ1n) is 5.41. The van der Waals surface area contributed by atoms with E-state index in [0.717, 1.165) is 10.2 Å². The van der Waals surface area contributed by atoms with E-state index in [1.54, 1.807) is 12.1 Å². The number of fused-ring (bicyclic) bond motifs is 1. The summed E-state index contributed by atoms with van der Waals surface area (Å²) in [5.74, 6) is -0.168. The number of nitrogens with zero attached hydrogens (tertiary/aromatic N) is 1. The second-order valence-corrected chi connectivity index (χ2v) is 5.29. The van der Waals surface area contributed by atoms with Crippen LogP contribution < -0.4 is 10.5 Å². The van der Waals surface area contributed by atoms with Gasteiger partial charge in [0.15, 0.2) is 0 Å². The first-order chi connectivity index (χ1) is 9.11. The first-order valence-corrected chi connectivity index (χ1v) is 6.60. The Morgan fingerprint density at radius 1 is 1.21 bits per heavy atom. The third kappa shape index (κ3) is 2.47. The van der Waals surface area contributed by atoms with Gasteiger partial charge in [0.05, 0.1) is 15.2 Å². The summed E-state index contributed by atoms with van der Waals surface area (Å²) in [6.45, 7) is 0. The van der Waals surface area contributed by atoms with Crippen LogP contribution in [0, 0.1) is 5.82 Å². The Balaban J connectivity index is 1.94. The smallest absolute Gasteiger partial charge is 0.279 e. The van der Waals surface area contributed by atoms with Crippen molar-refractivity contribution in [3.8, 4) is 10.9 Å². The van der Waals surface area contributed by atoms with E-state index in [4.69, 9.17) is 22.1 Å². The Bertz CT molecular complexity index is 759. The molecule has 0 aliphatic carbocycles. The topological polar surface area (TPSA) is 48.1 Å². The standard InChI is InChI=1S/C13H8ClFN2OS/c14-9-3-2-8(6-10(9)15)18-13-17-11-4-1-7(16)5-12(11)19-13/h1-6H,16H2. The molecule has 0 saturated heterocycles. The molecule has 1 aromatic heterocycles. The van der Waals surface area contributed by atoms with Gasteiger partial charge in [-0.15, -0.1) is 0 Å². The maximum atomic E-state index is 13.3. The summed E-state index contributed by atoms with van der Waals surface area (Å²) in [5.41, 5.74) is 7.16. The zero-order valence-electron chi connectivity index (χ0n) is 9.56. The van der Waals surface area contributed by atoms with Crippen molar-refractivity contribution in [3.63, 3.8) is 0 Å². The predicted molar refractivity (Wildman–Crippen MR) is 75.5 cm³/mol. The van der Waals surface area contributed by atoms with Gasteiger partial charge in [-0.2, -0.15) is 0 Å². The maximum absolute atomic E-state index is 13.3. The van der Waals surface area contributed by atoms with Crippen molar-refractivity contribution in [3.05, 3.63) is 47.2 Å². The average Bonchev–Trinajstić information content (AvgIpc) is 2.75. The van der Waals surface area contributed by atoms with Gasteiger partial charge < -0.3 is 10.5 Å². The normalized spacial score (nSPS) is 10.8. The number of hydrogen-bond donors (Lipinski definition) is 1. The molecule has 0 fully saturated rings. The number of nitrogens with two attached hydrogens (primary N) is 1. The fraction of sp³-hybridized carbons (Fsp3) is 0.